The van der Waals surface area contributed by atoms with E-state index >= 15 is 0 Å². The summed E-state index contributed by atoms with van der Waals surface area (Å²) < 4.78 is 19.0. The Balaban J connectivity index is 1.56. The second kappa shape index (κ2) is 13.2. The summed E-state index contributed by atoms with van der Waals surface area (Å²) in [5, 5.41) is 5.02. The van der Waals surface area contributed by atoms with Crippen molar-refractivity contribution < 1.29 is 18.7 Å². The molecule has 1 N–H and O–H groups in total. The molecule has 1 amide bonds. The first-order chi connectivity index (χ1) is 18.8. The number of hydrogen-bond donors (Lipinski definition) is 1. The quantitative estimate of drug-likeness (QED) is 0.302. The SMILES string of the molecule is CN=Cc1cc2c(cc1C(=O)NCCOC)=CN(CC1CCCC(C(=O)c3cc(C)cc(F)c3)C1)C(C)CC=2. The molecule has 0 radical (unpaired) electrons. The number of Topliss-reactive ketones (excluding diaryl/α,β-unsaturated/α-hetero) is 1. The summed E-state index contributed by atoms with van der Waals surface area (Å²) in [7, 11) is 3.31. The van der Waals surface area contributed by atoms with Gasteiger partial charge in [-0.3, -0.25) is 14.6 Å². The van der Waals surface area contributed by atoms with Gasteiger partial charge in [0.1, 0.15) is 5.82 Å². The van der Waals surface area contributed by atoms with E-state index in [0.29, 0.717) is 30.2 Å². The van der Waals surface area contributed by atoms with Crippen molar-refractivity contribution in [2.75, 3.05) is 33.9 Å². The van der Waals surface area contributed by atoms with Gasteiger partial charge < -0.3 is 15.0 Å². The van der Waals surface area contributed by atoms with Gasteiger partial charge in [-0.1, -0.05) is 12.5 Å². The zero-order valence-electron chi connectivity index (χ0n) is 23.5. The van der Waals surface area contributed by atoms with Crippen LogP contribution in [0.3, 0.4) is 0 Å². The number of hydrogen-bond acceptors (Lipinski definition) is 5. The van der Waals surface area contributed by atoms with E-state index in [1.54, 1.807) is 26.4 Å². The minimum Gasteiger partial charge on any atom is -0.383 e. The molecule has 7 heteroatoms. The fourth-order valence-corrected chi connectivity index (χ4v) is 5.82. The number of methoxy groups -OCH3 is 1. The first kappa shape index (κ1) is 28.7. The van der Waals surface area contributed by atoms with Gasteiger partial charge in [0, 0.05) is 68.3 Å². The van der Waals surface area contributed by atoms with Crippen molar-refractivity contribution in [2.45, 2.75) is 52.0 Å². The molecule has 1 saturated carbocycles. The van der Waals surface area contributed by atoms with E-state index in [0.717, 1.165) is 60.2 Å². The van der Waals surface area contributed by atoms with Crippen LogP contribution in [0, 0.1) is 24.6 Å². The third-order valence-corrected chi connectivity index (χ3v) is 7.86. The van der Waals surface area contributed by atoms with Crippen molar-refractivity contribution in [1.82, 2.24) is 10.2 Å². The number of amides is 1. The number of nitrogens with zero attached hydrogens (tertiary/aromatic N) is 2. The van der Waals surface area contributed by atoms with Gasteiger partial charge in [0.05, 0.1) is 6.61 Å². The van der Waals surface area contributed by atoms with Gasteiger partial charge in [0.15, 0.2) is 5.78 Å². The summed E-state index contributed by atoms with van der Waals surface area (Å²) in [5.41, 5.74) is 2.63. The molecule has 0 saturated heterocycles. The Morgan fingerprint density at radius 3 is 2.74 bits per heavy atom. The molecule has 2 aromatic carbocycles. The first-order valence-corrected chi connectivity index (χ1v) is 13.9. The van der Waals surface area contributed by atoms with Crippen molar-refractivity contribution >= 4 is 30.2 Å². The Morgan fingerprint density at radius 2 is 2.00 bits per heavy atom. The molecule has 4 rings (SSSR count). The molecule has 2 aromatic rings. The number of ether oxygens (including phenoxy) is 1. The minimum atomic E-state index is -0.353. The van der Waals surface area contributed by atoms with Crippen molar-refractivity contribution in [3.8, 4) is 0 Å². The highest BCUT2D eigenvalue weighted by atomic mass is 19.1. The second-order valence-corrected chi connectivity index (χ2v) is 10.9. The van der Waals surface area contributed by atoms with E-state index in [4.69, 9.17) is 4.74 Å². The van der Waals surface area contributed by atoms with E-state index in [1.165, 1.54) is 12.1 Å². The number of aliphatic imine (C=N–C) groups is 1. The number of carbonyl (C=O) groups excluding carboxylic acids is 2. The molecule has 1 aliphatic carbocycles. The lowest BCUT2D eigenvalue weighted by Gasteiger charge is -2.35. The van der Waals surface area contributed by atoms with Crippen LogP contribution in [0.15, 0.2) is 35.3 Å². The number of benzene rings is 2. The number of halogens is 1. The lowest BCUT2D eigenvalue weighted by atomic mass is 9.77. The highest BCUT2D eigenvalue weighted by Gasteiger charge is 2.30. The second-order valence-electron chi connectivity index (χ2n) is 10.9. The largest absolute Gasteiger partial charge is 0.383 e. The minimum absolute atomic E-state index is 0.0584. The molecule has 3 atom stereocenters. The fraction of sp³-hybridized carbons (Fsp3) is 0.469. The number of carbonyl (C=O) groups is 2. The fourth-order valence-electron chi connectivity index (χ4n) is 5.82. The number of fused-ring (bicyclic) bond motifs is 1. The van der Waals surface area contributed by atoms with Crippen LogP contribution >= 0.6 is 0 Å². The highest BCUT2D eigenvalue weighted by Crippen LogP contribution is 2.33. The summed E-state index contributed by atoms with van der Waals surface area (Å²) >= 11 is 0. The summed E-state index contributed by atoms with van der Waals surface area (Å²) in [4.78, 5) is 32.8. The molecule has 0 spiro atoms. The standard InChI is InChI=1S/C32H40FN3O3/c1-21-12-26(16-29(33)13-21)31(37)25-7-5-6-23(14-25)19-36-20-28-17-30(32(38)35-10-11-39-4)27(18-34-3)15-24(28)9-8-22(36)2/h9,12-13,15-18,20,22-23,25H,5-8,10-11,14,19H2,1-4H3,(H,35,38). The van der Waals surface area contributed by atoms with Crippen molar-refractivity contribution in [3.63, 3.8) is 0 Å². The zero-order valence-corrected chi connectivity index (χ0v) is 23.5. The van der Waals surface area contributed by atoms with Gasteiger partial charge in [0.25, 0.3) is 5.91 Å². The average molecular weight is 534 g/mol. The number of ketones is 1. The Hall–Kier alpha value is -3.32. The van der Waals surface area contributed by atoms with Crippen LogP contribution in [0.4, 0.5) is 4.39 Å². The molecular weight excluding hydrogens is 493 g/mol. The van der Waals surface area contributed by atoms with Crippen LogP contribution < -0.4 is 15.8 Å². The molecule has 1 aliphatic heterocycles. The van der Waals surface area contributed by atoms with Crippen molar-refractivity contribution in [2.24, 2.45) is 16.8 Å². The molecule has 0 bridgehead atoms. The summed E-state index contributed by atoms with van der Waals surface area (Å²) in [6.45, 7) is 5.76. The Bertz CT molecular complexity index is 1330. The summed E-state index contributed by atoms with van der Waals surface area (Å²) in [6.07, 6.45) is 10.7. The van der Waals surface area contributed by atoms with Crippen LogP contribution in [0.5, 0.6) is 0 Å². The predicted octanol–water partition coefficient (Wildman–Crippen LogP) is 3.86. The normalized spacial score (nSPS) is 21.1. The summed E-state index contributed by atoms with van der Waals surface area (Å²) in [5.74, 6) is -0.157. The third kappa shape index (κ3) is 7.21. The van der Waals surface area contributed by atoms with Crippen LogP contribution in [0.25, 0.3) is 12.3 Å². The van der Waals surface area contributed by atoms with Crippen molar-refractivity contribution in [1.29, 1.82) is 0 Å². The Labute approximate surface area is 230 Å². The monoisotopic (exact) mass is 533 g/mol. The molecule has 1 fully saturated rings. The molecule has 0 aromatic heterocycles. The number of aryl methyl sites for hydroxylation is 1. The van der Waals surface area contributed by atoms with E-state index in [9.17, 15) is 14.0 Å². The smallest absolute Gasteiger partial charge is 0.252 e. The van der Waals surface area contributed by atoms with Crippen LogP contribution in [0.1, 0.15) is 70.9 Å². The molecular formula is C32H40FN3O3. The van der Waals surface area contributed by atoms with Crippen LogP contribution in [0.2, 0.25) is 0 Å². The molecule has 1 heterocycles. The van der Waals surface area contributed by atoms with Gasteiger partial charge in [-0.05, 0) is 91.8 Å². The van der Waals surface area contributed by atoms with E-state index in [-0.39, 0.29) is 29.5 Å². The molecule has 3 unspecified atom stereocenters. The van der Waals surface area contributed by atoms with Crippen LogP contribution in [-0.2, 0) is 4.74 Å². The lowest BCUT2D eigenvalue weighted by Crippen LogP contribution is -2.37. The van der Waals surface area contributed by atoms with Crippen molar-refractivity contribution in [3.05, 3.63) is 68.8 Å². The zero-order chi connectivity index (χ0) is 27.9. The van der Waals surface area contributed by atoms with E-state index in [1.807, 2.05) is 19.1 Å². The van der Waals surface area contributed by atoms with E-state index in [2.05, 4.69) is 34.4 Å². The Morgan fingerprint density at radius 1 is 1.18 bits per heavy atom. The topological polar surface area (TPSA) is 71.0 Å². The molecule has 2 aliphatic rings. The maximum atomic E-state index is 14.0. The maximum absolute atomic E-state index is 14.0. The predicted molar refractivity (Wildman–Crippen MR) is 154 cm³/mol. The summed E-state index contributed by atoms with van der Waals surface area (Å²) in [6, 6.07) is 8.90. The Kier molecular flexibility index (Phi) is 9.68. The van der Waals surface area contributed by atoms with Crippen LogP contribution in [-0.4, -0.2) is 62.7 Å². The van der Waals surface area contributed by atoms with Gasteiger partial charge in [-0.25, -0.2) is 4.39 Å². The van der Waals surface area contributed by atoms with E-state index < -0.39 is 0 Å². The number of nitrogens with one attached hydrogen (secondary N) is 1. The molecule has 39 heavy (non-hydrogen) atoms. The van der Waals surface area contributed by atoms with Gasteiger partial charge in [-0.2, -0.15) is 0 Å². The first-order valence-electron chi connectivity index (χ1n) is 13.9. The molecule has 208 valence electrons. The lowest BCUT2D eigenvalue weighted by molar-refractivity contribution is 0.0848. The highest BCUT2D eigenvalue weighted by molar-refractivity contribution is 6.02. The average Bonchev–Trinajstić information content (AvgIpc) is 3.06. The maximum Gasteiger partial charge on any atom is 0.252 e. The third-order valence-electron chi connectivity index (χ3n) is 7.86. The number of rotatable bonds is 9. The van der Waals surface area contributed by atoms with Gasteiger partial charge >= 0.3 is 0 Å². The van der Waals surface area contributed by atoms with Gasteiger partial charge in [0.2, 0.25) is 0 Å². The van der Waals surface area contributed by atoms with Gasteiger partial charge in [-0.15, -0.1) is 0 Å². The molecule has 6 nitrogen and oxygen atoms in total.